The summed E-state index contributed by atoms with van der Waals surface area (Å²) in [5, 5.41) is 14.7. The van der Waals surface area contributed by atoms with Crippen LogP contribution in [0, 0.1) is 0 Å². The van der Waals surface area contributed by atoms with Gasteiger partial charge in [0.2, 0.25) is 0 Å². The SMILES string of the molecule is O=C(Nc1ccc(SC(F)F)cc1)NC(CO)c1ccccc1. The molecule has 3 N–H and O–H groups in total. The predicted octanol–water partition coefficient (Wildman–Crippen LogP) is 3.86. The van der Waals surface area contributed by atoms with Crippen LogP contribution in [0.4, 0.5) is 19.3 Å². The molecular formula is C16H16F2N2O2S. The second-order valence-electron chi connectivity index (χ2n) is 4.65. The molecule has 0 aliphatic heterocycles. The first-order valence-corrected chi connectivity index (χ1v) is 7.74. The van der Waals surface area contributed by atoms with Gasteiger partial charge in [0.25, 0.3) is 5.76 Å². The molecule has 0 saturated carbocycles. The number of amides is 2. The Morgan fingerprint density at radius 1 is 1.09 bits per heavy atom. The maximum atomic E-state index is 12.2. The summed E-state index contributed by atoms with van der Waals surface area (Å²) >= 11 is 0.443. The third-order valence-corrected chi connectivity index (χ3v) is 3.75. The van der Waals surface area contributed by atoms with Gasteiger partial charge in [-0.3, -0.25) is 0 Å². The number of carbonyl (C=O) groups excluding carboxylic acids is 1. The van der Waals surface area contributed by atoms with Crippen molar-refractivity contribution in [1.29, 1.82) is 0 Å². The predicted molar refractivity (Wildman–Crippen MR) is 86.7 cm³/mol. The first kappa shape index (κ1) is 17.2. The quantitative estimate of drug-likeness (QED) is 0.701. The summed E-state index contributed by atoms with van der Waals surface area (Å²) in [5.74, 6) is -2.48. The van der Waals surface area contributed by atoms with Crippen LogP contribution in [0.3, 0.4) is 0 Å². The Kier molecular flexibility index (Phi) is 6.37. The van der Waals surface area contributed by atoms with Crippen LogP contribution in [0.15, 0.2) is 59.5 Å². The molecule has 0 fully saturated rings. The Morgan fingerprint density at radius 2 is 1.74 bits per heavy atom. The van der Waals surface area contributed by atoms with Gasteiger partial charge in [-0.15, -0.1) is 0 Å². The molecule has 0 radical (unpaired) electrons. The first-order valence-electron chi connectivity index (χ1n) is 6.86. The molecule has 0 aliphatic carbocycles. The smallest absolute Gasteiger partial charge is 0.319 e. The number of benzene rings is 2. The minimum absolute atomic E-state index is 0.235. The summed E-state index contributed by atoms with van der Waals surface area (Å²) in [5.41, 5.74) is 1.26. The van der Waals surface area contributed by atoms with Gasteiger partial charge >= 0.3 is 6.03 Å². The molecule has 0 saturated heterocycles. The molecule has 1 atom stereocenters. The summed E-state index contributed by atoms with van der Waals surface area (Å²) < 4.78 is 24.5. The van der Waals surface area contributed by atoms with Gasteiger partial charge in [0.15, 0.2) is 0 Å². The fourth-order valence-electron chi connectivity index (χ4n) is 1.96. The number of carbonyl (C=O) groups is 1. The van der Waals surface area contributed by atoms with E-state index in [4.69, 9.17) is 0 Å². The molecule has 2 rings (SSSR count). The van der Waals surface area contributed by atoms with E-state index in [0.717, 1.165) is 5.56 Å². The zero-order valence-corrected chi connectivity index (χ0v) is 12.9. The van der Waals surface area contributed by atoms with Gasteiger partial charge in [0.05, 0.1) is 12.6 Å². The first-order chi connectivity index (χ1) is 11.1. The largest absolute Gasteiger partial charge is 0.394 e. The second-order valence-corrected chi connectivity index (χ2v) is 5.71. The molecule has 7 heteroatoms. The molecule has 23 heavy (non-hydrogen) atoms. The highest BCUT2D eigenvalue weighted by Crippen LogP contribution is 2.26. The number of urea groups is 1. The van der Waals surface area contributed by atoms with Crippen molar-refractivity contribution in [3.8, 4) is 0 Å². The highest BCUT2D eigenvalue weighted by Gasteiger charge is 2.13. The van der Waals surface area contributed by atoms with Crippen molar-refractivity contribution < 1.29 is 18.7 Å². The Hall–Kier alpha value is -2.12. The number of rotatable bonds is 6. The van der Waals surface area contributed by atoms with Crippen LogP contribution in [0.1, 0.15) is 11.6 Å². The van der Waals surface area contributed by atoms with Gasteiger partial charge < -0.3 is 15.7 Å². The maximum absolute atomic E-state index is 12.2. The molecule has 0 spiro atoms. The fraction of sp³-hybridized carbons (Fsp3) is 0.188. The van der Waals surface area contributed by atoms with Crippen LogP contribution >= 0.6 is 11.8 Å². The molecule has 0 bridgehead atoms. The summed E-state index contributed by atoms with van der Waals surface area (Å²) in [7, 11) is 0. The molecular weight excluding hydrogens is 322 g/mol. The zero-order valence-electron chi connectivity index (χ0n) is 12.1. The summed E-state index contributed by atoms with van der Waals surface area (Å²) in [4.78, 5) is 12.4. The average Bonchev–Trinajstić information content (AvgIpc) is 2.55. The summed E-state index contributed by atoms with van der Waals surface area (Å²) in [6, 6.07) is 14.2. The van der Waals surface area contributed by atoms with E-state index in [1.54, 1.807) is 24.3 Å². The van der Waals surface area contributed by atoms with E-state index in [9.17, 15) is 18.7 Å². The molecule has 0 heterocycles. The third kappa shape index (κ3) is 5.54. The number of nitrogens with one attached hydrogen (secondary N) is 2. The lowest BCUT2D eigenvalue weighted by atomic mass is 10.1. The van der Waals surface area contributed by atoms with Gasteiger partial charge in [0, 0.05) is 10.6 Å². The number of aliphatic hydroxyl groups excluding tert-OH is 1. The Labute approximate surface area is 136 Å². The normalized spacial score (nSPS) is 12.0. The van der Waals surface area contributed by atoms with Gasteiger partial charge in [-0.1, -0.05) is 42.1 Å². The van der Waals surface area contributed by atoms with Crippen molar-refractivity contribution in [3.05, 3.63) is 60.2 Å². The van der Waals surface area contributed by atoms with Crippen molar-refractivity contribution in [2.24, 2.45) is 0 Å². The van der Waals surface area contributed by atoms with Crippen LogP contribution < -0.4 is 10.6 Å². The van der Waals surface area contributed by atoms with E-state index in [-0.39, 0.29) is 6.61 Å². The lowest BCUT2D eigenvalue weighted by Gasteiger charge is -2.17. The standard InChI is InChI=1S/C16H16F2N2O2S/c17-15(18)23-13-8-6-12(7-9-13)19-16(22)20-14(10-21)11-4-2-1-3-5-11/h1-9,14-15,21H,10H2,(H2,19,20,22). The molecule has 2 amide bonds. The number of thioether (sulfide) groups is 1. The number of alkyl halides is 2. The van der Waals surface area contributed by atoms with E-state index in [0.29, 0.717) is 22.3 Å². The van der Waals surface area contributed by atoms with Crippen LogP contribution in [-0.4, -0.2) is 23.5 Å². The highest BCUT2D eigenvalue weighted by molar-refractivity contribution is 7.99. The van der Waals surface area contributed by atoms with E-state index in [1.807, 2.05) is 18.2 Å². The number of hydrogen-bond donors (Lipinski definition) is 3. The molecule has 122 valence electrons. The monoisotopic (exact) mass is 338 g/mol. The number of anilines is 1. The zero-order chi connectivity index (χ0) is 16.7. The third-order valence-electron chi connectivity index (χ3n) is 3.03. The van der Waals surface area contributed by atoms with E-state index < -0.39 is 17.8 Å². The molecule has 0 aromatic heterocycles. The molecule has 2 aromatic carbocycles. The van der Waals surface area contributed by atoms with Gasteiger partial charge in [-0.25, -0.2) is 4.79 Å². The van der Waals surface area contributed by atoms with Crippen molar-refractivity contribution in [2.75, 3.05) is 11.9 Å². The maximum Gasteiger partial charge on any atom is 0.319 e. The number of aliphatic hydroxyl groups is 1. The summed E-state index contributed by atoms with van der Waals surface area (Å²) in [6.07, 6.45) is 0. The molecule has 0 aliphatic rings. The van der Waals surface area contributed by atoms with Crippen molar-refractivity contribution >= 4 is 23.5 Å². The Morgan fingerprint density at radius 3 is 2.30 bits per heavy atom. The van der Waals surface area contributed by atoms with Gasteiger partial charge in [0.1, 0.15) is 0 Å². The van der Waals surface area contributed by atoms with Crippen LogP contribution in [0.25, 0.3) is 0 Å². The van der Waals surface area contributed by atoms with Crippen LogP contribution in [0.2, 0.25) is 0 Å². The number of halogens is 2. The minimum Gasteiger partial charge on any atom is -0.394 e. The van der Waals surface area contributed by atoms with Crippen molar-refractivity contribution in [3.63, 3.8) is 0 Å². The van der Waals surface area contributed by atoms with E-state index in [1.165, 1.54) is 12.1 Å². The molecule has 4 nitrogen and oxygen atoms in total. The average molecular weight is 338 g/mol. The molecule has 2 aromatic rings. The van der Waals surface area contributed by atoms with Gasteiger partial charge in [-0.2, -0.15) is 8.78 Å². The fourth-order valence-corrected chi connectivity index (χ4v) is 2.46. The van der Waals surface area contributed by atoms with Crippen LogP contribution in [-0.2, 0) is 0 Å². The number of hydrogen-bond acceptors (Lipinski definition) is 3. The van der Waals surface area contributed by atoms with Crippen LogP contribution in [0.5, 0.6) is 0 Å². The lowest BCUT2D eigenvalue weighted by Crippen LogP contribution is -2.34. The minimum atomic E-state index is -2.48. The Bertz CT molecular complexity index is 624. The van der Waals surface area contributed by atoms with E-state index >= 15 is 0 Å². The van der Waals surface area contributed by atoms with E-state index in [2.05, 4.69) is 10.6 Å². The topological polar surface area (TPSA) is 61.4 Å². The lowest BCUT2D eigenvalue weighted by molar-refractivity contribution is 0.225. The van der Waals surface area contributed by atoms with Gasteiger partial charge in [-0.05, 0) is 29.8 Å². The van der Waals surface area contributed by atoms with Crippen molar-refractivity contribution in [2.45, 2.75) is 16.7 Å². The summed E-state index contributed by atoms with van der Waals surface area (Å²) in [6.45, 7) is -0.235. The Balaban J connectivity index is 1.93. The second kappa shape index (κ2) is 8.50. The molecule has 1 unspecified atom stereocenters. The van der Waals surface area contributed by atoms with Crippen molar-refractivity contribution in [1.82, 2.24) is 5.32 Å². The highest BCUT2D eigenvalue weighted by atomic mass is 32.2.